The molecule has 1 saturated heterocycles. The molecule has 1 N–H and O–H groups in total. The summed E-state index contributed by atoms with van der Waals surface area (Å²) in [6, 6.07) is 32.6. The molecule has 1 aliphatic rings. The molecule has 1 aliphatic heterocycles. The van der Waals surface area contributed by atoms with E-state index in [-0.39, 0.29) is 18.7 Å². The Morgan fingerprint density at radius 3 is 2.50 bits per heavy atom. The number of benzene rings is 4. The Morgan fingerprint density at radius 1 is 0.889 bits per heavy atom. The monoisotopic (exact) mass is 477 g/mol. The van der Waals surface area contributed by atoms with E-state index in [9.17, 15) is 4.79 Å². The van der Waals surface area contributed by atoms with Crippen molar-refractivity contribution in [2.45, 2.75) is 25.0 Å². The van der Waals surface area contributed by atoms with Gasteiger partial charge in [0.2, 0.25) is 0 Å². The fourth-order valence-electron chi connectivity index (χ4n) is 4.74. The molecule has 0 saturated carbocycles. The molecule has 0 amide bonds. The maximum atomic E-state index is 12.0. The lowest BCUT2D eigenvalue weighted by Gasteiger charge is -2.32. The van der Waals surface area contributed by atoms with Gasteiger partial charge in [0.1, 0.15) is 6.61 Å². The van der Waals surface area contributed by atoms with Gasteiger partial charge in [-0.15, -0.1) is 0 Å². The highest BCUT2D eigenvalue weighted by Gasteiger charge is 2.27. The third-order valence-corrected chi connectivity index (χ3v) is 6.70. The summed E-state index contributed by atoms with van der Waals surface area (Å²) in [6.45, 7) is 2.70. The van der Waals surface area contributed by atoms with Crippen molar-refractivity contribution in [2.75, 3.05) is 19.7 Å². The molecule has 0 bridgehead atoms. The lowest BCUT2D eigenvalue weighted by atomic mass is 9.87. The van der Waals surface area contributed by atoms with Gasteiger partial charge < -0.3 is 14.8 Å². The van der Waals surface area contributed by atoms with Gasteiger partial charge in [0, 0.05) is 12.5 Å². The molecule has 182 valence electrons. The van der Waals surface area contributed by atoms with Gasteiger partial charge in [-0.1, -0.05) is 84.9 Å². The van der Waals surface area contributed by atoms with Crippen molar-refractivity contribution in [1.82, 2.24) is 5.32 Å². The summed E-state index contributed by atoms with van der Waals surface area (Å²) in [5.74, 6) is 0.0489. The molecule has 4 aromatic rings. The van der Waals surface area contributed by atoms with Crippen molar-refractivity contribution < 1.29 is 14.3 Å². The Hall–Kier alpha value is -3.73. The van der Waals surface area contributed by atoms with Gasteiger partial charge in [-0.3, -0.25) is 0 Å². The van der Waals surface area contributed by atoms with Crippen LogP contribution in [0.5, 0.6) is 0 Å². The minimum atomic E-state index is -0.309. The first kappa shape index (κ1) is 24.0. The first-order chi connectivity index (χ1) is 17.8. The predicted molar refractivity (Wildman–Crippen MR) is 145 cm³/mol. The molecule has 2 atom stereocenters. The number of hydrogen-bond acceptors (Lipinski definition) is 4. The Balaban J connectivity index is 1.16. The molecule has 2 unspecified atom stereocenters. The first-order valence-electron chi connectivity index (χ1n) is 12.5. The molecule has 4 nitrogen and oxygen atoms in total. The number of fused-ring (bicyclic) bond motifs is 1. The number of carbonyl (C=O) groups excluding carboxylic acids is 1. The van der Waals surface area contributed by atoms with Crippen LogP contribution < -0.4 is 5.32 Å². The maximum absolute atomic E-state index is 12.0. The summed E-state index contributed by atoms with van der Waals surface area (Å²) < 4.78 is 11.7. The normalized spacial score (nSPS) is 17.9. The molecule has 0 aromatic heterocycles. The minimum Gasteiger partial charge on any atom is -0.458 e. The van der Waals surface area contributed by atoms with Gasteiger partial charge in [-0.05, 0) is 64.7 Å². The Morgan fingerprint density at radius 2 is 1.67 bits per heavy atom. The summed E-state index contributed by atoms with van der Waals surface area (Å²) in [7, 11) is 0. The molecule has 1 heterocycles. The van der Waals surface area contributed by atoms with Crippen LogP contribution >= 0.6 is 0 Å². The number of nitrogens with one attached hydrogen (secondary N) is 1. The highest BCUT2D eigenvalue weighted by atomic mass is 16.5. The molecule has 5 rings (SSSR count). The molecule has 0 spiro atoms. The molecule has 4 heteroatoms. The zero-order valence-corrected chi connectivity index (χ0v) is 20.3. The van der Waals surface area contributed by atoms with E-state index in [1.165, 1.54) is 21.9 Å². The SMILES string of the molecule is O=C(OC/C=C/c1ccc(C2CCNCC2OCc2ccc3ccccc3c2)cc1)c1ccccc1. The second-order valence-corrected chi connectivity index (χ2v) is 9.16. The number of ether oxygens (including phenoxy) is 2. The molecule has 1 fully saturated rings. The molecular weight excluding hydrogens is 446 g/mol. The number of rotatable bonds is 8. The van der Waals surface area contributed by atoms with E-state index >= 15 is 0 Å². The smallest absolute Gasteiger partial charge is 0.338 e. The molecule has 0 radical (unpaired) electrons. The highest BCUT2D eigenvalue weighted by Crippen LogP contribution is 2.29. The molecular formula is C32H31NO3. The Kier molecular flexibility index (Phi) is 7.86. The van der Waals surface area contributed by atoms with Gasteiger partial charge in [0.15, 0.2) is 0 Å². The molecule has 4 aromatic carbocycles. The van der Waals surface area contributed by atoms with E-state index in [0.29, 0.717) is 18.1 Å². The van der Waals surface area contributed by atoms with Gasteiger partial charge >= 0.3 is 5.97 Å². The zero-order valence-electron chi connectivity index (χ0n) is 20.3. The molecule has 36 heavy (non-hydrogen) atoms. The highest BCUT2D eigenvalue weighted by molar-refractivity contribution is 5.89. The van der Waals surface area contributed by atoms with Gasteiger partial charge in [0.25, 0.3) is 0 Å². The van der Waals surface area contributed by atoms with Crippen LogP contribution in [-0.4, -0.2) is 31.8 Å². The minimum absolute atomic E-state index is 0.129. The van der Waals surface area contributed by atoms with Crippen LogP contribution in [0.4, 0.5) is 0 Å². The van der Waals surface area contributed by atoms with Gasteiger partial charge in [0.05, 0.1) is 18.3 Å². The van der Waals surface area contributed by atoms with E-state index in [1.807, 2.05) is 30.4 Å². The van der Waals surface area contributed by atoms with Crippen molar-refractivity contribution >= 4 is 22.8 Å². The first-order valence-corrected chi connectivity index (χ1v) is 12.5. The van der Waals surface area contributed by atoms with Crippen molar-refractivity contribution in [2.24, 2.45) is 0 Å². The Labute approximate surface area is 212 Å². The van der Waals surface area contributed by atoms with Crippen molar-refractivity contribution in [3.8, 4) is 0 Å². The van der Waals surface area contributed by atoms with E-state index < -0.39 is 0 Å². The van der Waals surface area contributed by atoms with Crippen LogP contribution in [0.3, 0.4) is 0 Å². The number of piperidine rings is 1. The second kappa shape index (κ2) is 11.8. The number of esters is 1. The fraction of sp³-hybridized carbons (Fsp3) is 0.219. The fourth-order valence-corrected chi connectivity index (χ4v) is 4.74. The zero-order chi connectivity index (χ0) is 24.6. The van der Waals surface area contributed by atoms with E-state index in [0.717, 1.165) is 25.1 Å². The largest absolute Gasteiger partial charge is 0.458 e. The predicted octanol–water partition coefficient (Wildman–Crippen LogP) is 6.37. The summed E-state index contributed by atoms with van der Waals surface area (Å²) in [6.07, 6.45) is 5.03. The van der Waals surface area contributed by atoms with Gasteiger partial charge in [-0.25, -0.2) is 4.79 Å². The van der Waals surface area contributed by atoms with Crippen LogP contribution in [0.2, 0.25) is 0 Å². The standard InChI is InChI=1S/C32H31NO3/c34-32(28-9-2-1-3-10-28)35-20-6-7-24-12-16-27(17-13-24)30-18-19-33-22-31(30)36-23-25-14-15-26-8-4-5-11-29(26)21-25/h1-17,21,30-31,33H,18-20,22-23H2/b7-6+. The average Bonchev–Trinajstić information content (AvgIpc) is 2.95. The molecule has 0 aliphatic carbocycles. The third-order valence-electron chi connectivity index (χ3n) is 6.70. The van der Waals surface area contributed by atoms with Crippen molar-refractivity contribution in [3.63, 3.8) is 0 Å². The van der Waals surface area contributed by atoms with Crippen LogP contribution in [-0.2, 0) is 16.1 Å². The van der Waals surface area contributed by atoms with Crippen molar-refractivity contribution in [1.29, 1.82) is 0 Å². The van der Waals surface area contributed by atoms with E-state index in [2.05, 4.69) is 72.0 Å². The number of hydrogen-bond donors (Lipinski definition) is 1. The second-order valence-electron chi connectivity index (χ2n) is 9.16. The summed E-state index contributed by atoms with van der Waals surface area (Å²) in [5, 5.41) is 5.99. The quantitative estimate of drug-likeness (QED) is 0.300. The van der Waals surface area contributed by atoms with E-state index in [4.69, 9.17) is 9.47 Å². The van der Waals surface area contributed by atoms with E-state index in [1.54, 1.807) is 12.1 Å². The topological polar surface area (TPSA) is 47.6 Å². The average molecular weight is 478 g/mol. The summed E-state index contributed by atoms with van der Waals surface area (Å²) >= 11 is 0. The maximum Gasteiger partial charge on any atom is 0.338 e. The van der Waals surface area contributed by atoms with Gasteiger partial charge in [-0.2, -0.15) is 0 Å². The third kappa shape index (κ3) is 6.09. The van der Waals surface area contributed by atoms with Crippen LogP contribution in [0.1, 0.15) is 39.4 Å². The lowest BCUT2D eigenvalue weighted by Crippen LogP contribution is -2.40. The lowest BCUT2D eigenvalue weighted by molar-refractivity contribution is 0.0106. The van der Waals surface area contributed by atoms with Crippen molar-refractivity contribution in [3.05, 3.63) is 125 Å². The van der Waals surface area contributed by atoms with Crippen LogP contribution in [0.25, 0.3) is 16.8 Å². The summed E-state index contributed by atoms with van der Waals surface area (Å²) in [5.41, 5.74) is 4.14. The van der Waals surface area contributed by atoms with Crippen LogP contribution in [0.15, 0.2) is 103 Å². The summed E-state index contributed by atoms with van der Waals surface area (Å²) in [4.78, 5) is 12.0. The van der Waals surface area contributed by atoms with Crippen LogP contribution in [0, 0.1) is 0 Å². The number of carbonyl (C=O) groups is 1. The Bertz CT molecular complexity index is 1310.